The van der Waals surface area contributed by atoms with Gasteiger partial charge in [-0.15, -0.1) is 0 Å². The molecule has 1 saturated heterocycles. The van der Waals surface area contributed by atoms with Gasteiger partial charge in [-0.1, -0.05) is 24.3 Å². The van der Waals surface area contributed by atoms with E-state index in [0.29, 0.717) is 32.1 Å². The van der Waals surface area contributed by atoms with Crippen LogP contribution in [-0.2, 0) is 0 Å². The van der Waals surface area contributed by atoms with Crippen molar-refractivity contribution in [2.45, 2.75) is 6.04 Å². The normalized spacial score (nSPS) is 14.7. The van der Waals surface area contributed by atoms with Crippen LogP contribution < -0.4 is 10.6 Å². The Morgan fingerprint density at radius 3 is 1.90 bits per heavy atom. The van der Waals surface area contributed by atoms with Crippen LogP contribution in [0.2, 0.25) is 0 Å². The van der Waals surface area contributed by atoms with Crippen LogP contribution >= 0.6 is 0 Å². The van der Waals surface area contributed by atoms with E-state index in [1.807, 2.05) is 4.90 Å². The van der Waals surface area contributed by atoms with Gasteiger partial charge in [0.25, 0.3) is 0 Å². The molecule has 1 aromatic heterocycles. The van der Waals surface area contributed by atoms with Gasteiger partial charge in [-0.25, -0.2) is 13.8 Å². The van der Waals surface area contributed by atoms with Gasteiger partial charge >= 0.3 is 5.69 Å². The fourth-order valence-electron chi connectivity index (χ4n) is 3.76. The molecular formula is C21H20F2N6O2. The molecule has 8 nitrogen and oxygen atoms in total. The highest BCUT2D eigenvalue weighted by Gasteiger charge is 2.28. The second-order valence-electron chi connectivity index (χ2n) is 7.23. The van der Waals surface area contributed by atoms with Crippen molar-refractivity contribution >= 4 is 17.5 Å². The van der Waals surface area contributed by atoms with Gasteiger partial charge in [-0.3, -0.25) is 15.0 Å². The second-order valence-corrected chi connectivity index (χ2v) is 7.23. The van der Waals surface area contributed by atoms with Gasteiger partial charge in [-0.2, -0.15) is 4.98 Å². The average molecular weight is 426 g/mol. The van der Waals surface area contributed by atoms with Crippen molar-refractivity contribution in [1.82, 2.24) is 14.9 Å². The third kappa shape index (κ3) is 4.43. The number of nitrogen functional groups attached to an aromatic ring is 1. The maximum atomic E-state index is 13.5. The van der Waals surface area contributed by atoms with Crippen LogP contribution in [0.4, 0.5) is 26.2 Å². The van der Waals surface area contributed by atoms with Crippen molar-refractivity contribution in [2.24, 2.45) is 0 Å². The predicted octanol–water partition coefficient (Wildman–Crippen LogP) is 3.16. The zero-order valence-corrected chi connectivity index (χ0v) is 16.5. The summed E-state index contributed by atoms with van der Waals surface area (Å²) < 4.78 is 26.9. The van der Waals surface area contributed by atoms with Gasteiger partial charge in [0.1, 0.15) is 17.8 Å². The predicted molar refractivity (Wildman–Crippen MR) is 112 cm³/mol. The summed E-state index contributed by atoms with van der Waals surface area (Å²) in [6, 6.07) is 12.4. The van der Waals surface area contributed by atoms with Crippen molar-refractivity contribution in [3.8, 4) is 0 Å². The molecule has 1 fully saturated rings. The molecule has 0 spiro atoms. The summed E-state index contributed by atoms with van der Waals surface area (Å²) in [7, 11) is 0. The minimum Gasteiger partial charge on any atom is -0.378 e. The van der Waals surface area contributed by atoms with E-state index in [0.717, 1.165) is 17.3 Å². The molecule has 2 N–H and O–H groups in total. The Labute approximate surface area is 177 Å². The first-order valence-electron chi connectivity index (χ1n) is 9.69. The van der Waals surface area contributed by atoms with E-state index < -0.39 is 4.92 Å². The zero-order valence-electron chi connectivity index (χ0n) is 16.5. The lowest BCUT2D eigenvalue weighted by atomic mass is 9.96. The molecule has 0 saturated carbocycles. The van der Waals surface area contributed by atoms with E-state index >= 15 is 0 Å². The summed E-state index contributed by atoms with van der Waals surface area (Å²) in [4.78, 5) is 22.6. The fraction of sp³-hybridized carbons (Fsp3) is 0.238. The molecule has 0 aliphatic carbocycles. The molecule has 0 unspecified atom stereocenters. The number of halogens is 2. The Balaban J connectivity index is 1.55. The summed E-state index contributed by atoms with van der Waals surface area (Å²) in [5.74, 6) is -0.477. The van der Waals surface area contributed by atoms with Crippen LogP contribution in [0.15, 0.2) is 54.7 Å². The minimum absolute atomic E-state index is 0.173. The third-order valence-electron chi connectivity index (χ3n) is 5.32. The minimum atomic E-state index is -0.618. The molecule has 0 amide bonds. The van der Waals surface area contributed by atoms with E-state index in [1.54, 1.807) is 24.3 Å². The maximum Gasteiger partial charge on any atom is 0.329 e. The van der Waals surface area contributed by atoms with Crippen LogP contribution in [0.3, 0.4) is 0 Å². The smallest absolute Gasteiger partial charge is 0.329 e. The highest BCUT2D eigenvalue weighted by atomic mass is 19.1. The van der Waals surface area contributed by atoms with E-state index in [1.165, 1.54) is 24.3 Å². The van der Waals surface area contributed by atoms with Crippen molar-refractivity contribution in [3.63, 3.8) is 0 Å². The Morgan fingerprint density at radius 2 is 1.45 bits per heavy atom. The molecule has 160 valence electrons. The van der Waals surface area contributed by atoms with Gasteiger partial charge in [-0.05, 0) is 35.4 Å². The number of hydrogen-bond donors (Lipinski definition) is 1. The van der Waals surface area contributed by atoms with Crippen molar-refractivity contribution in [3.05, 3.63) is 87.6 Å². The molecule has 2 aromatic carbocycles. The maximum absolute atomic E-state index is 13.5. The molecule has 3 aromatic rings. The van der Waals surface area contributed by atoms with Crippen molar-refractivity contribution in [1.29, 1.82) is 0 Å². The van der Waals surface area contributed by atoms with E-state index in [2.05, 4.69) is 14.9 Å². The number of aromatic nitrogens is 2. The fourth-order valence-corrected chi connectivity index (χ4v) is 3.76. The van der Waals surface area contributed by atoms with Gasteiger partial charge in [0, 0.05) is 26.2 Å². The number of piperazine rings is 1. The summed E-state index contributed by atoms with van der Waals surface area (Å²) in [5.41, 5.74) is 7.17. The summed E-state index contributed by atoms with van der Waals surface area (Å²) >= 11 is 0. The number of hydrogen-bond acceptors (Lipinski definition) is 7. The summed E-state index contributed by atoms with van der Waals surface area (Å²) in [6.07, 6.45) is 1.11. The number of rotatable bonds is 5. The highest BCUT2D eigenvalue weighted by Crippen LogP contribution is 2.31. The molecule has 1 aliphatic heterocycles. The Morgan fingerprint density at radius 1 is 0.935 bits per heavy atom. The number of benzene rings is 2. The molecule has 1 aliphatic rings. The molecule has 0 bridgehead atoms. The Kier molecular flexibility index (Phi) is 5.72. The van der Waals surface area contributed by atoms with Crippen LogP contribution in [-0.4, -0.2) is 46.0 Å². The molecule has 0 radical (unpaired) electrons. The molecule has 10 heteroatoms. The molecule has 31 heavy (non-hydrogen) atoms. The summed E-state index contributed by atoms with van der Waals surface area (Å²) in [6.45, 7) is 2.38. The number of nitrogens with two attached hydrogens (primary N) is 1. The largest absolute Gasteiger partial charge is 0.378 e. The topological polar surface area (TPSA) is 101 Å². The van der Waals surface area contributed by atoms with Gasteiger partial charge in [0.15, 0.2) is 0 Å². The number of nitro groups is 1. The standard InChI is InChI=1S/C21H20F2N6O2/c22-16-5-1-14(2-6-16)19(15-3-7-17(23)8-4-15)27-9-11-28(12-10-27)21-25-13-18(29(30)31)20(24)26-21/h1-8,13,19H,9-12H2,(H2,24,25,26). The Bertz CT molecular complexity index is 1020. The molecule has 2 heterocycles. The lowest BCUT2D eigenvalue weighted by Crippen LogP contribution is -2.48. The SMILES string of the molecule is Nc1nc(N2CCN(C(c3ccc(F)cc3)c3ccc(F)cc3)CC2)ncc1[N+](=O)[O-]. The van der Waals surface area contributed by atoms with Crippen LogP contribution in [0, 0.1) is 21.7 Å². The van der Waals surface area contributed by atoms with Gasteiger partial charge in [0.2, 0.25) is 11.8 Å². The van der Waals surface area contributed by atoms with Gasteiger partial charge in [0.05, 0.1) is 11.0 Å². The number of anilines is 2. The average Bonchev–Trinajstić information content (AvgIpc) is 2.77. The van der Waals surface area contributed by atoms with Crippen LogP contribution in [0.5, 0.6) is 0 Å². The first kappa shape index (κ1) is 20.6. The van der Waals surface area contributed by atoms with Crippen LogP contribution in [0.1, 0.15) is 17.2 Å². The zero-order chi connectivity index (χ0) is 22.0. The quantitative estimate of drug-likeness (QED) is 0.494. The lowest BCUT2D eigenvalue weighted by molar-refractivity contribution is -0.384. The Hall–Kier alpha value is -3.66. The van der Waals surface area contributed by atoms with Crippen LogP contribution in [0.25, 0.3) is 0 Å². The molecule has 0 atom stereocenters. The molecular weight excluding hydrogens is 406 g/mol. The van der Waals surface area contributed by atoms with E-state index in [-0.39, 0.29) is 29.2 Å². The highest BCUT2D eigenvalue weighted by molar-refractivity contribution is 5.54. The summed E-state index contributed by atoms with van der Waals surface area (Å²) in [5, 5.41) is 10.9. The third-order valence-corrected chi connectivity index (χ3v) is 5.32. The first-order valence-corrected chi connectivity index (χ1v) is 9.69. The van der Waals surface area contributed by atoms with E-state index in [4.69, 9.17) is 5.73 Å². The van der Waals surface area contributed by atoms with E-state index in [9.17, 15) is 18.9 Å². The van der Waals surface area contributed by atoms with Crippen molar-refractivity contribution < 1.29 is 13.7 Å². The van der Waals surface area contributed by atoms with Crippen molar-refractivity contribution in [2.75, 3.05) is 36.8 Å². The van der Waals surface area contributed by atoms with Gasteiger partial charge < -0.3 is 10.6 Å². The molecule has 4 rings (SSSR count). The lowest BCUT2D eigenvalue weighted by Gasteiger charge is -2.39. The first-order chi connectivity index (χ1) is 14.9. The number of nitrogens with zero attached hydrogens (tertiary/aromatic N) is 5. The second kappa shape index (κ2) is 8.60. The monoisotopic (exact) mass is 426 g/mol.